The van der Waals surface area contributed by atoms with E-state index in [0.29, 0.717) is 6.61 Å². The van der Waals surface area contributed by atoms with Crippen molar-refractivity contribution in [3.05, 3.63) is 23.3 Å². The van der Waals surface area contributed by atoms with E-state index in [9.17, 15) is 5.11 Å². The molecule has 1 aliphatic carbocycles. The number of epoxide rings is 1. The lowest BCUT2D eigenvalue weighted by Crippen LogP contribution is -2.49. The molecule has 1 saturated heterocycles. The van der Waals surface area contributed by atoms with Crippen molar-refractivity contribution in [2.24, 2.45) is 0 Å². The fourth-order valence-corrected chi connectivity index (χ4v) is 5.43. The molecule has 2 rings (SSSR count). The first kappa shape index (κ1) is 26.0. The van der Waals surface area contributed by atoms with Gasteiger partial charge in [0.15, 0.2) is 16.6 Å². The van der Waals surface area contributed by atoms with Gasteiger partial charge in [-0.1, -0.05) is 67.0 Å². The predicted molar refractivity (Wildman–Crippen MR) is 131 cm³/mol. The molecule has 0 spiro atoms. The molecule has 1 N–H and O–H groups in total. The molecule has 0 amide bonds. The molecule has 0 aromatic carbocycles. The van der Waals surface area contributed by atoms with Crippen molar-refractivity contribution in [3.63, 3.8) is 0 Å². The predicted octanol–water partition coefficient (Wildman–Crippen LogP) is 6.19. The first-order valence-electron chi connectivity index (χ1n) is 11.6. The first-order valence-corrected chi connectivity index (χ1v) is 17.4. The summed E-state index contributed by atoms with van der Waals surface area (Å²) in [6.45, 7) is 25.4. The largest absolute Gasteiger partial charge is 0.413 e. The number of allylic oxidation sites excluding steroid dienone is 1. The van der Waals surface area contributed by atoms with Gasteiger partial charge >= 0.3 is 0 Å². The highest BCUT2D eigenvalue weighted by atomic mass is 28.4. The molecule has 0 aromatic rings. The lowest BCUT2D eigenvalue weighted by atomic mass is 9.87. The number of rotatable bonds is 8. The van der Waals surface area contributed by atoms with Crippen molar-refractivity contribution >= 4 is 16.6 Å². The van der Waals surface area contributed by atoms with Gasteiger partial charge in [-0.3, -0.25) is 0 Å². The smallest absolute Gasteiger partial charge is 0.193 e. The Morgan fingerprint density at radius 2 is 1.53 bits per heavy atom. The van der Waals surface area contributed by atoms with Crippen LogP contribution >= 0.6 is 0 Å². The highest BCUT2D eigenvalue weighted by molar-refractivity contribution is 6.74. The topological polar surface area (TPSA) is 51.2 Å². The Bertz CT molecular complexity index is 668. The van der Waals surface area contributed by atoms with E-state index in [1.807, 2.05) is 0 Å². The summed E-state index contributed by atoms with van der Waals surface area (Å²) in [7, 11) is -3.95. The Hall–Kier alpha value is -0.246. The van der Waals surface area contributed by atoms with Crippen LogP contribution in [0.15, 0.2) is 23.3 Å². The Labute approximate surface area is 187 Å². The van der Waals surface area contributed by atoms with E-state index in [4.69, 9.17) is 13.6 Å². The molecule has 0 unspecified atom stereocenters. The second kappa shape index (κ2) is 8.95. The summed E-state index contributed by atoms with van der Waals surface area (Å²) in [6, 6.07) is 0. The number of unbranched alkanes of at least 4 members (excludes halogenated alkanes) is 1. The molecule has 1 fully saturated rings. The van der Waals surface area contributed by atoms with Crippen LogP contribution < -0.4 is 0 Å². The van der Waals surface area contributed by atoms with Gasteiger partial charge in [0.25, 0.3) is 0 Å². The Morgan fingerprint density at radius 3 is 2.03 bits per heavy atom. The minimum atomic E-state index is -2.01. The van der Waals surface area contributed by atoms with Crippen molar-refractivity contribution in [3.8, 4) is 0 Å². The summed E-state index contributed by atoms with van der Waals surface area (Å²) in [5.74, 6) is 0. The van der Waals surface area contributed by atoms with Gasteiger partial charge in [0.1, 0.15) is 18.3 Å². The summed E-state index contributed by atoms with van der Waals surface area (Å²) in [4.78, 5) is 0. The molecule has 2 aliphatic rings. The second-order valence-electron chi connectivity index (χ2n) is 12.0. The van der Waals surface area contributed by atoms with Crippen LogP contribution in [0.3, 0.4) is 0 Å². The van der Waals surface area contributed by atoms with Crippen molar-refractivity contribution in [1.29, 1.82) is 0 Å². The van der Waals surface area contributed by atoms with E-state index in [1.165, 1.54) is 0 Å². The molecule has 4 atom stereocenters. The normalized spacial score (nSPS) is 28.3. The van der Waals surface area contributed by atoms with Crippen LogP contribution in [0.1, 0.15) is 61.3 Å². The zero-order valence-corrected chi connectivity index (χ0v) is 23.3. The molecule has 0 saturated carbocycles. The minimum absolute atomic E-state index is 0.0598. The third-order valence-corrected chi connectivity index (χ3v) is 16.5. The first-order chi connectivity index (χ1) is 13.5. The van der Waals surface area contributed by atoms with Crippen LogP contribution in [0.4, 0.5) is 0 Å². The average molecular weight is 455 g/mol. The zero-order valence-electron chi connectivity index (χ0n) is 21.3. The fourth-order valence-electron chi connectivity index (χ4n) is 3.22. The van der Waals surface area contributed by atoms with Crippen LogP contribution in [0.2, 0.25) is 36.3 Å². The Kier molecular flexibility index (Phi) is 7.76. The molecular formula is C24H46O4Si2. The van der Waals surface area contributed by atoms with Crippen molar-refractivity contribution in [2.45, 2.75) is 122 Å². The molecule has 4 nitrogen and oxygen atoms in total. The van der Waals surface area contributed by atoms with E-state index >= 15 is 0 Å². The molecule has 0 bridgehead atoms. The van der Waals surface area contributed by atoms with Crippen LogP contribution in [-0.4, -0.2) is 52.8 Å². The third-order valence-electron chi connectivity index (χ3n) is 7.58. The second-order valence-corrected chi connectivity index (χ2v) is 21.6. The summed E-state index contributed by atoms with van der Waals surface area (Å²) >= 11 is 0. The quantitative estimate of drug-likeness (QED) is 0.351. The standard InChI is InChI=1S/C24H46O4Si2/c1-12-13-14-15-17-18(16-26-29(8,9)23(2,3)4)20(22-21(27-22)19(17)25)28-30(10,11)24(5,6)7/h14-15,19-22,25H,12-13,16H2,1-11H3/b15-14-/t19-,20+,21+,22-/m0/s1. The van der Waals surface area contributed by atoms with Crippen molar-refractivity contribution < 1.29 is 18.7 Å². The number of aliphatic hydroxyl groups is 1. The average Bonchev–Trinajstić information content (AvgIpc) is 3.36. The lowest BCUT2D eigenvalue weighted by molar-refractivity contribution is 0.147. The van der Waals surface area contributed by atoms with Crippen LogP contribution in [0, 0.1) is 0 Å². The van der Waals surface area contributed by atoms with E-state index in [2.05, 4.69) is 86.8 Å². The number of fused-ring (bicyclic) bond motifs is 1. The van der Waals surface area contributed by atoms with Gasteiger partial charge in [-0.2, -0.15) is 0 Å². The monoisotopic (exact) mass is 454 g/mol. The van der Waals surface area contributed by atoms with Gasteiger partial charge in [-0.25, -0.2) is 0 Å². The van der Waals surface area contributed by atoms with E-state index in [0.717, 1.165) is 24.0 Å². The fraction of sp³-hybridized carbons (Fsp3) is 0.833. The zero-order chi connectivity index (χ0) is 23.1. The summed E-state index contributed by atoms with van der Waals surface area (Å²) < 4.78 is 19.5. The SMILES string of the molecule is CCC/C=C\C1=C(CO[Si](C)(C)C(C)(C)C)[C@@H](O[Si](C)(C)C(C)(C)C)[C@@H]2O[C@@H]2[C@H]1O. The van der Waals surface area contributed by atoms with Crippen LogP contribution in [0.25, 0.3) is 0 Å². The number of aliphatic hydroxyl groups excluding tert-OH is 1. The van der Waals surface area contributed by atoms with Gasteiger partial charge in [0.05, 0.1) is 12.7 Å². The van der Waals surface area contributed by atoms with Crippen LogP contribution in [0.5, 0.6) is 0 Å². The van der Waals surface area contributed by atoms with E-state index in [1.54, 1.807) is 0 Å². The summed E-state index contributed by atoms with van der Waals surface area (Å²) in [5.41, 5.74) is 2.04. The maximum absolute atomic E-state index is 11.0. The Morgan fingerprint density at radius 1 is 0.967 bits per heavy atom. The van der Waals surface area contributed by atoms with E-state index in [-0.39, 0.29) is 28.4 Å². The molecule has 0 radical (unpaired) electrons. The Balaban J connectivity index is 2.42. The maximum Gasteiger partial charge on any atom is 0.193 e. The molecular weight excluding hydrogens is 408 g/mol. The molecule has 1 heterocycles. The van der Waals surface area contributed by atoms with Gasteiger partial charge in [-0.05, 0) is 53.8 Å². The van der Waals surface area contributed by atoms with Gasteiger partial charge in [0.2, 0.25) is 0 Å². The van der Waals surface area contributed by atoms with Gasteiger partial charge in [0, 0.05) is 0 Å². The van der Waals surface area contributed by atoms with E-state index < -0.39 is 22.7 Å². The molecule has 30 heavy (non-hydrogen) atoms. The van der Waals surface area contributed by atoms with Crippen LogP contribution in [-0.2, 0) is 13.6 Å². The lowest BCUT2D eigenvalue weighted by Gasteiger charge is -2.42. The minimum Gasteiger partial charge on any atom is -0.413 e. The number of ether oxygens (including phenoxy) is 1. The summed E-state index contributed by atoms with van der Waals surface area (Å²) in [5, 5.41) is 11.2. The summed E-state index contributed by atoms with van der Waals surface area (Å²) in [6.07, 6.45) is 5.39. The highest BCUT2D eigenvalue weighted by Gasteiger charge is 2.58. The van der Waals surface area contributed by atoms with Gasteiger partial charge in [-0.15, -0.1) is 0 Å². The third kappa shape index (κ3) is 5.56. The number of hydrogen-bond donors (Lipinski definition) is 1. The number of hydrogen-bond acceptors (Lipinski definition) is 4. The maximum atomic E-state index is 11.0. The molecule has 0 aromatic heterocycles. The highest BCUT2D eigenvalue weighted by Crippen LogP contribution is 2.47. The van der Waals surface area contributed by atoms with Crippen molar-refractivity contribution in [1.82, 2.24) is 0 Å². The molecule has 1 aliphatic heterocycles. The van der Waals surface area contributed by atoms with Gasteiger partial charge < -0.3 is 18.7 Å². The van der Waals surface area contributed by atoms with Crippen molar-refractivity contribution in [2.75, 3.05) is 6.61 Å². The molecule has 6 heteroatoms. The molecule has 174 valence electrons.